The molecule has 0 aromatic rings. The third kappa shape index (κ3) is 9.45. The fourth-order valence-corrected chi connectivity index (χ4v) is 6.53. The van der Waals surface area contributed by atoms with E-state index in [1.807, 2.05) is 23.5 Å². The summed E-state index contributed by atoms with van der Waals surface area (Å²) in [7, 11) is 0. The molecule has 0 aliphatic carbocycles. The van der Waals surface area contributed by atoms with Crippen LogP contribution in [0, 0.1) is 0 Å². The molecule has 0 aromatic heterocycles. The van der Waals surface area contributed by atoms with Gasteiger partial charge >= 0.3 is 0 Å². The van der Waals surface area contributed by atoms with Gasteiger partial charge in [0.15, 0.2) is 0 Å². The lowest BCUT2D eigenvalue weighted by Gasteiger charge is -2.28. The van der Waals surface area contributed by atoms with E-state index in [-0.39, 0.29) is 0 Å². The summed E-state index contributed by atoms with van der Waals surface area (Å²) in [5.74, 6) is 0.920. The average molecular weight is 303 g/mol. The molecule has 0 nitrogen and oxygen atoms in total. The standard InChI is InChI=1S/C5H10S5.C5H12/c6-2-5-9-3(7)1-4(8)10-5;1-3-5-4-2/h3-8H,1-2H2;3-5H2,1-2H3. The second-order valence-corrected chi connectivity index (χ2v) is 8.81. The van der Waals surface area contributed by atoms with E-state index < -0.39 is 0 Å². The van der Waals surface area contributed by atoms with Gasteiger partial charge in [0.05, 0.1) is 13.7 Å². The molecule has 1 aliphatic heterocycles. The van der Waals surface area contributed by atoms with E-state index in [9.17, 15) is 0 Å². The summed E-state index contributed by atoms with van der Waals surface area (Å²) in [6.07, 6.45) is 5.17. The Labute approximate surface area is 120 Å². The predicted molar refractivity (Wildman–Crippen MR) is 88.2 cm³/mol. The summed E-state index contributed by atoms with van der Waals surface area (Å²) in [6.45, 7) is 4.42. The number of thioether (sulfide) groups is 2. The first-order valence-electron chi connectivity index (χ1n) is 5.41. The Morgan fingerprint density at radius 3 is 1.80 bits per heavy atom. The summed E-state index contributed by atoms with van der Waals surface area (Å²) in [5, 5.41) is 0. The Morgan fingerprint density at radius 1 is 1.07 bits per heavy atom. The molecular formula is C10H22S5. The van der Waals surface area contributed by atoms with Gasteiger partial charge in [0.25, 0.3) is 0 Å². The van der Waals surface area contributed by atoms with Crippen LogP contribution in [0.3, 0.4) is 0 Å². The van der Waals surface area contributed by atoms with Gasteiger partial charge < -0.3 is 0 Å². The molecule has 0 bridgehead atoms. The first-order valence-corrected chi connectivity index (χ1v) is 8.97. The Balaban J connectivity index is 0.000000336. The molecule has 2 atom stereocenters. The van der Waals surface area contributed by atoms with Crippen molar-refractivity contribution in [1.82, 2.24) is 0 Å². The molecule has 15 heavy (non-hydrogen) atoms. The van der Waals surface area contributed by atoms with Crippen molar-refractivity contribution >= 4 is 61.4 Å². The predicted octanol–water partition coefficient (Wildman–Crippen LogP) is 4.82. The van der Waals surface area contributed by atoms with Gasteiger partial charge in [-0.15, -0.1) is 23.5 Å². The molecule has 1 aliphatic rings. The van der Waals surface area contributed by atoms with Gasteiger partial charge in [-0.2, -0.15) is 37.9 Å². The zero-order chi connectivity index (χ0) is 11.7. The molecule has 0 amide bonds. The third-order valence-corrected chi connectivity index (χ3v) is 6.51. The highest BCUT2D eigenvalue weighted by Gasteiger charge is 2.24. The molecule has 5 heteroatoms. The SMILES string of the molecule is CCCCC.SCC1SC(S)CC(S)S1. The van der Waals surface area contributed by atoms with Gasteiger partial charge in [0.2, 0.25) is 0 Å². The zero-order valence-electron chi connectivity index (χ0n) is 9.43. The lowest BCUT2D eigenvalue weighted by atomic mass is 10.3. The first-order chi connectivity index (χ1) is 7.13. The van der Waals surface area contributed by atoms with Crippen molar-refractivity contribution < 1.29 is 0 Å². The van der Waals surface area contributed by atoms with Crippen LogP contribution in [-0.4, -0.2) is 19.5 Å². The van der Waals surface area contributed by atoms with Crippen LogP contribution >= 0.6 is 61.4 Å². The van der Waals surface area contributed by atoms with Crippen LogP contribution in [0.4, 0.5) is 0 Å². The molecule has 0 N–H and O–H groups in total. The molecule has 1 heterocycles. The molecule has 92 valence electrons. The summed E-state index contributed by atoms with van der Waals surface area (Å²) >= 11 is 16.8. The normalized spacial score (nSPS) is 30.6. The van der Waals surface area contributed by atoms with Crippen molar-refractivity contribution in [3.8, 4) is 0 Å². The van der Waals surface area contributed by atoms with Gasteiger partial charge in [0, 0.05) is 5.75 Å². The lowest BCUT2D eigenvalue weighted by molar-refractivity contribution is 0.772. The van der Waals surface area contributed by atoms with Gasteiger partial charge in [-0.3, -0.25) is 0 Å². The van der Waals surface area contributed by atoms with E-state index >= 15 is 0 Å². The van der Waals surface area contributed by atoms with E-state index in [1.54, 1.807) is 0 Å². The van der Waals surface area contributed by atoms with E-state index in [4.69, 9.17) is 0 Å². The Hall–Kier alpha value is 1.75. The van der Waals surface area contributed by atoms with Gasteiger partial charge in [-0.1, -0.05) is 33.1 Å². The molecule has 1 rings (SSSR count). The number of rotatable bonds is 3. The Morgan fingerprint density at radius 2 is 1.53 bits per heavy atom. The molecule has 2 unspecified atom stereocenters. The Bertz CT molecular complexity index is 130. The maximum Gasteiger partial charge on any atom is 0.0612 e. The fourth-order valence-electron chi connectivity index (χ4n) is 1.11. The van der Waals surface area contributed by atoms with Crippen LogP contribution < -0.4 is 0 Å². The van der Waals surface area contributed by atoms with Crippen LogP contribution in [0.25, 0.3) is 0 Å². The van der Waals surface area contributed by atoms with E-state index in [1.165, 1.54) is 19.3 Å². The highest BCUT2D eigenvalue weighted by molar-refractivity contribution is 8.25. The summed E-state index contributed by atoms with van der Waals surface area (Å²) in [6, 6.07) is 0. The number of hydrogen-bond acceptors (Lipinski definition) is 5. The highest BCUT2D eigenvalue weighted by Crippen LogP contribution is 2.43. The molecule has 1 saturated heterocycles. The zero-order valence-corrected chi connectivity index (χ0v) is 13.7. The average Bonchev–Trinajstić information content (AvgIpc) is 2.18. The number of thiol groups is 3. The van der Waals surface area contributed by atoms with Gasteiger partial charge in [-0.05, 0) is 6.42 Å². The molecule has 0 aromatic carbocycles. The van der Waals surface area contributed by atoms with E-state index in [2.05, 4.69) is 51.7 Å². The molecule has 0 saturated carbocycles. The minimum absolute atomic E-state index is 0.459. The van der Waals surface area contributed by atoms with Crippen molar-refractivity contribution in [3.05, 3.63) is 0 Å². The molecule has 1 fully saturated rings. The maximum atomic E-state index is 4.40. The van der Waals surface area contributed by atoms with Crippen LogP contribution in [0.5, 0.6) is 0 Å². The minimum Gasteiger partial charge on any atom is -0.177 e. The van der Waals surface area contributed by atoms with Crippen molar-refractivity contribution in [1.29, 1.82) is 0 Å². The topological polar surface area (TPSA) is 0 Å². The largest absolute Gasteiger partial charge is 0.177 e. The van der Waals surface area contributed by atoms with Crippen molar-refractivity contribution in [3.63, 3.8) is 0 Å². The monoisotopic (exact) mass is 302 g/mol. The second kappa shape index (κ2) is 10.9. The number of unbranched alkanes of at least 4 members (excludes halogenated alkanes) is 2. The van der Waals surface area contributed by atoms with E-state index in [0.29, 0.717) is 13.7 Å². The highest BCUT2D eigenvalue weighted by atomic mass is 32.2. The number of hydrogen-bond donors (Lipinski definition) is 3. The summed E-state index contributed by atoms with van der Waals surface area (Å²) < 4.78 is 1.50. The Kier molecular flexibility index (Phi) is 12.1. The molecular weight excluding hydrogens is 280 g/mol. The summed E-state index contributed by atoms with van der Waals surface area (Å²) in [4.78, 5) is 0. The minimum atomic E-state index is 0.459. The van der Waals surface area contributed by atoms with Crippen LogP contribution in [-0.2, 0) is 0 Å². The summed E-state index contributed by atoms with van der Waals surface area (Å²) in [5.41, 5.74) is 0. The van der Waals surface area contributed by atoms with Crippen LogP contribution in [0.1, 0.15) is 39.5 Å². The van der Waals surface area contributed by atoms with Crippen molar-refractivity contribution in [2.24, 2.45) is 0 Å². The van der Waals surface area contributed by atoms with Crippen LogP contribution in [0.2, 0.25) is 0 Å². The van der Waals surface area contributed by atoms with Crippen molar-refractivity contribution in [2.45, 2.75) is 53.3 Å². The first kappa shape index (κ1) is 16.8. The maximum absolute atomic E-state index is 4.40. The van der Waals surface area contributed by atoms with E-state index in [0.717, 1.165) is 12.2 Å². The van der Waals surface area contributed by atoms with Crippen molar-refractivity contribution in [2.75, 3.05) is 5.75 Å². The van der Waals surface area contributed by atoms with Gasteiger partial charge in [0.1, 0.15) is 0 Å². The third-order valence-electron chi connectivity index (χ3n) is 1.88. The quantitative estimate of drug-likeness (QED) is 0.639. The lowest BCUT2D eigenvalue weighted by Crippen LogP contribution is -2.17. The fraction of sp³-hybridized carbons (Fsp3) is 1.00. The second-order valence-electron chi connectivity index (χ2n) is 3.38. The molecule has 0 spiro atoms. The smallest absolute Gasteiger partial charge is 0.0612 e. The van der Waals surface area contributed by atoms with Gasteiger partial charge in [-0.25, -0.2) is 0 Å². The van der Waals surface area contributed by atoms with Crippen LogP contribution in [0.15, 0.2) is 0 Å². The molecule has 0 radical (unpaired) electrons.